The molecule has 5 nitrogen and oxygen atoms in total. The summed E-state index contributed by atoms with van der Waals surface area (Å²) in [7, 11) is 5.49. The third-order valence-electron chi connectivity index (χ3n) is 4.36. The summed E-state index contributed by atoms with van der Waals surface area (Å²) >= 11 is 0. The largest absolute Gasteiger partial charge is 0.506 e. The lowest BCUT2D eigenvalue weighted by Gasteiger charge is -2.11. The Morgan fingerprint density at radius 3 is 2.38 bits per heavy atom. The predicted octanol–water partition coefficient (Wildman–Crippen LogP) is 3.21. The van der Waals surface area contributed by atoms with Crippen molar-refractivity contribution in [3.05, 3.63) is 76.1 Å². The first-order chi connectivity index (χ1) is 12.4. The topological polar surface area (TPSA) is 62.5 Å². The number of benzene rings is 2. The van der Waals surface area contributed by atoms with Crippen LogP contribution in [-0.2, 0) is 7.05 Å². The van der Waals surface area contributed by atoms with Gasteiger partial charge in [0.15, 0.2) is 5.78 Å². The third-order valence-corrected chi connectivity index (χ3v) is 4.36. The molecule has 1 N–H and O–H groups in total. The van der Waals surface area contributed by atoms with Gasteiger partial charge in [-0.25, -0.2) is 0 Å². The van der Waals surface area contributed by atoms with Crippen molar-refractivity contribution in [2.75, 3.05) is 19.0 Å². The van der Waals surface area contributed by atoms with Crippen LogP contribution in [0, 0.1) is 0 Å². The number of rotatable bonds is 4. The summed E-state index contributed by atoms with van der Waals surface area (Å²) in [6.45, 7) is 0. The normalized spacial score (nSPS) is 11.2. The van der Waals surface area contributed by atoms with E-state index < -0.39 is 11.3 Å². The van der Waals surface area contributed by atoms with E-state index in [0.29, 0.717) is 10.9 Å². The molecule has 132 valence electrons. The number of aromatic nitrogens is 1. The number of allylic oxidation sites excluding steroid dienone is 1. The summed E-state index contributed by atoms with van der Waals surface area (Å²) in [6, 6.07) is 14.6. The maximum absolute atomic E-state index is 12.6. The molecule has 0 aliphatic heterocycles. The van der Waals surface area contributed by atoms with Gasteiger partial charge in [-0.15, -0.1) is 0 Å². The maximum Gasteiger partial charge on any atom is 0.265 e. The van der Waals surface area contributed by atoms with Gasteiger partial charge in [-0.3, -0.25) is 9.59 Å². The molecule has 0 amide bonds. The second-order valence-electron chi connectivity index (χ2n) is 6.29. The number of carbonyl (C=O) groups excluding carboxylic acids is 1. The van der Waals surface area contributed by atoms with Crippen LogP contribution in [0.4, 0.5) is 5.69 Å². The summed E-state index contributed by atoms with van der Waals surface area (Å²) in [5, 5.41) is 10.9. The van der Waals surface area contributed by atoms with E-state index in [4.69, 9.17) is 0 Å². The van der Waals surface area contributed by atoms with Crippen LogP contribution in [0.3, 0.4) is 0 Å². The molecule has 0 spiro atoms. The molecule has 1 aromatic heterocycles. The van der Waals surface area contributed by atoms with Gasteiger partial charge in [0.2, 0.25) is 0 Å². The molecule has 0 unspecified atom stereocenters. The molecule has 0 saturated carbocycles. The molecule has 5 heteroatoms. The quantitative estimate of drug-likeness (QED) is 0.581. The first-order valence-electron chi connectivity index (χ1n) is 8.20. The van der Waals surface area contributed by atoms with Gasteiger partial charge in [-0.2, -0.15) is 0 Å². The van der Waals surface area contributed by atoms with E-state index in [1.807, 2.05) is 43.3 Å². The van der Waals surface area contributed by atoms with Crippen molar-refractivity contribution in [3.63, 3.8) is 0 Å². The number of fused-ring (bicyclic) bond motifs is 1. The monoisotopic (exact) mass is 348 g/mol. The Kier molecular flexibility index (Phi) is 4.63. The number of anilines is 1. The lowest BCUT2D eigenvalue weighted by molar-refractivity contribution is 0.104. The Balaban J connectivity index is 1.99. The fourth-order valence-corrected chi connectivity index (χ4v) is 2.84. The Bertz CT molecular complexity index is 1060. The Hall–Kier alpha value is -3.34. The van der Waals surface area contributed by atoms with Gasteiger partial charge in [0.1, 0.15) is 11.3 Å². The molecule has 0 fully saturated rings. The predicted molar refractivity (Wildman–Crippen MR) is 105 cm³/mol. The highest BCUT2D eigenvalue weighted by molar-refractivity contribution is 6.11. The highest BCUT2D eigenvalue weighted by Gasteiger charge is 2.19. The Morgan fingerprint density at radius 2 is 1.73 bits per heavy atom. The molecule has 3 rings (SSSR count). The molecule has 26 heavy (non-hydrogen) atoms. The zero-order valence-corrected chi connectivity index (χ0v) is 14.9. The smallest absolute Gasteiger partial charge is 0.265 e. The molecule has 2 aromatic carbocycles. The fraction of sp³-hybridized carbons (Fsp3) is 0.143. The first kappa shape index (κ1) is 17.5. The number of hydrogen-bond donors (Lipinski definition) is 1. The first-order valence-corrected chi connectivity index (χ1v) is 8.20. The molecule has 0 aliphatic rings. The average Bonchev–Trinajstić information content (AvgIpc) is 2.65. The molecule has 1 heterocycles. The minimum atomic E-state index is -0.523. The van der Waals surface area contributed by atoms with Gasteiger partial charge in [0, 0.05) is 32.2 Å². The summed E-state index contributed by atoms with van der Waals surface area (Å²) in [5.41, 5.74) is 1.73. The Morgan fingerprint density at radius 1 is 1.08 bits per heavy atom. The Labute approximate surface area is 151 Å². The number of aryl methyl sites for hydroxylation is 1. The maximum atomic E-state index is 12.6. The summed E-state index contributed by atoms with van der Waals surface area (Å²) in [5.74, 6) is -0.799. The van der Waals surface area contributed by atoms with Crippen LogP contribution in [0.2, 0.25) is 0 Å². The minimum absolute atomic E-state index is 0.215. The van der Waals surface area contributed by atoms with E-state index in [-0.39, 0.29) is 11.3 Å². The van der Waals surface area contributed by atoms with Crippen LogP contribution in [0.25, 0.3) is 17.0 Å². The van der Waals surface area contributed by atoms with Gasteiger partial charge in [0.25, 0.3) is 5.56 Å². The van der Waals surface area contributed by atoms with Crippen LogP contribution < -0.4 is 10.5 Å². The van der Waals surface area contributed by atoms with Crippen LogP contribution in [0.5, 0.6) is 5.75 Å². The third kappa shape index (κ3) is 3.11. The van der Waals surface area contributed by atoms with Gasteiger partial charge >= 0.3 is 0 Å². The molecule has 0 bridgehead atoms. The van der Waals surface area contributed by atoms with Gasteiger partial charge < -0.3 is 14.6 Å². The highest BCUT2D eigenvalue weighted by atomic mass is 16.3. The van der Waals surface area contributed by atoms with Crippen molar-refractivity contribution in [3.8, 4) is 5.75 Å². The molecular weight excluding hydrogens is 328 g/mol. The second kappa shape index (κ2) is 6.88. The summed E-state index contributed by atoms with van der Waals surface area (Å²) in [4.78, 5) is 27.1. The number of para-hydroxylation sites is 1. The zero-order chi connectivity index (χ0) is 18.8. The number of ketones is 1. The molecule has 0 saturated heterocycles. The number of aromatic hydroxyl groups is 1. The van der Waals surface area contributed by atoms with Crippen molar-refractivity contribution in [1.82, 2.24) is 4.57 Å². The van der Waals surface area contributed by atoms with E-state index in [2.05, 4.69) is 0 Å². The van der Waals surface area contributed by atoms with Crippen molar-refractivity contribution in [2.24, 2.45) is 7.05 Å². The number of pyridine rings is 1. The van der Waals surface area contributed by atoms with Crippen molar-refractivity contribution in [2.45, 2.75) is 0 Å². The van der Waals surface area contributed by atoms with E-state index in [0.717, 1.165) is 11.3 Å². The number of carbonyl (C=O) groups is 1. The van der Waals surface area contributed by atoms with Crippen LogP contribution in [0.1, 0.15) is 15.9 Å². The molecular formula is C21H20N2O3. The van der Waals surface area contributed by atoms with E-state index >= 15 is 0 Å². The molecule has 0 aliphatic carbocycles. The average molecular weight is 348 g/mol. The lowest BCUT2D eigenvalue weighted by atomic mass is 10.1. The highest BCUT2D eigenvalue weighted by Crippen LogP contribution is 2.26. The molecule has 0 atom stereocenters. The number of hydrogen-bond acceptors (Lipinski definition) is 4. The van der Waals surface area contributed by atoms with Gasteiger partial charge in [0.05, 0.1) is 5.52 Å². The molecule has 0 radical (unpaired) electrons. The van der Waals surface area contributed by atoms with E-state index in [1.54, 1.807) is 37.4 Å². The SMILES string of the molecule is CN(C)c1ccc(C=CC(=O)c2c(O)c3ccccc3n(C)c2=O)cc1. The van der Waals surface area contributed by atoms with Gasteiger partial charge in [-0.1, -0.05) is 30.3 Å². The lowest BCUT2D eigenvalue weighted by Crippen LogP contribution is -2.24. The van der Waals surface area contributed by atoms with Crippen molar-refractivity contribution in [1.29, 1.82) is 0 Å². The van der Waals surface area contributed by atoms with Crippen molar-refractivity contribution < 1.29 is 9.90 Å². The van der Waals surface area contributed by atoms with Crippen LogP contribution in [0.15, 0.2) is 59.4 Å². The zero-order valence-electron chi connectivity index (χ0n) is 14.9. The minimum Gasteiger partial charge on any atom is -0.506 e. The summed E-state index contributed by atoms with van der Waals surface area (Å²) in [6.07, 6.45) is 2.95. The molecule has 3 aromatic rings. The fourth-order valence-electron chi connectivity index (χ4n) is 2.84. The van der Waals surface area contributed by atoms with E-state index in [9.17, 15) is 14.7 Å². The van der Waals surface area contributed by atoms with Gasteiger partial charge in [-0.05, 0) is 35.9 Å². The summed E-state index contributed by atoms with van der Waals surface area (Å²) < 4.78 is 1.38. The second-order valence-corrected chi connectivity index (χ2v) is 6.29. The van der Waals surface area contributed by atoms with Crippen molar-refractivity contribution >= 4 is 28.4 Å². The van der Waals surface area contributed by atoms with Crippen LogP contribution >= 0.6 is 0 Å². The van der Waals surface area contributed by atoms with Crippen LogP contribution in [-0.4, -0.2) is 29.6 Å². The van der Waals surface area contributed by atoms with E-state index in [1.165, 1.54) is 10.6 Å². The standard InChI is InChI=1S/C21H20N2O3/c1-22(2)15-11-8-14(9-12-15)10-13-18(24)19-20(25)16-6-4-5-7-17(16)23(3)21(19)26/h4-13,25H,1-3H3. The number of nitrogens with zero attached hydrogens (tertiary/aromatic N) is 2.